The number of hydrogen-bond donors (Lipinski definition) is 2. The lowest BCUT2D eigenvalue weighted by molar-refractivity contribution is 0.0950. The third-order valence-corrected chi connectivity index (χ3v) is 4.32. The number of pyridine rings is 1. The van der Waals surface area contributed by atoms with E-state index in [1.165, 1.54) is 10.1 Å². The van der Waals surface area contributed by atoms with Crippen molar-refractivity contribution in [1.29, 1.82) is 0 Å². The van der Waals surface area contributed by atoms with Crippen molar-refractivity contribution in [2.75, 3.05) is 0 Å². The van der Waals surface area contributed by atoms with Gasteiger partial charge in [-0.3, -0.25) is 9.59 Å². The highest BCUT2D eigenvalue weighted by Gasteiger charge is 2.10. The van der Waals surface area contributed by atoms with Gasteiger partial charge in [-0.15, -0.1) is 11.3 Å². The van der Waals surface area contributed by atoms with Crippen LogP contribution in [0.2, 0.25) is 0 Å². The van der Waals surface area contributed by atoms with Gasteiger partial charge in [0.25, 0.3) is 11.5 Å². The van der Waals surface area contributed by atoms with Crippen LogP contribution >= 0.6 is 11.3 Å². The molecule has 0 aliphatic carbocycles. The number of carbonyl (C=O) groups is 1. The lowest BCUT2D eigenvalue weighted by atomic mass is 10.2. The van der Waals surface area contributed by atoms with E-state index in [2.05, 4.69) is 22.4 Å². The van der Waals surface area contributed by atoms with E-state index in [1.807, 2.05) is 18.2 Å². The predicted octanol–water partition coefficient (Wildman–Crippen LogP) is 2.83. The molecule has 2 N–H and O–H groups in total. The van der Waals surface area contributed by atoms with Crippen LogP contribution in [0.15, 0.2) is 47.3 Å². The normalized spacial score (nSPS) is 10.7. The summed E-state index contributed by atoms with van der Waals surface area (Å²) in [4.78, 5) is 27.4. The van der Waals surface area contributed by atoms with Crippen molar-refractivity contribution in [2.24, 2.45) is 0 Å². The third kappa shape index (κ3) is 2.87. The molecule has 2 heterocycles. The van der Waals surface area contributed by atoms with E-state index in [0.29, 0.717) is 6.54 Å². The van der Waals surface area contributed by atoms with Crippen molar-refractivity contribution in [3.05, 3.63) is 69.0 Å². The van der Waals surface area contributed by atoms with Gasteiger partial charge in [0, 0.05) is 15.3 Å². The summed E-state index contributed by atoms with van der Waals surface area (Å²) >= 11 is 1.64. The zero-order chi connectivity index (χ0) is 14.8. The van der Waals surface area contributed by atoms with Gasteiger partial charge in [0.15, 0.2) is 0 Å². The summed E-state index contributed by atoms with van der Waals surface area (Å²) in [5.74, 6) is -0.353. The molecule has 0 saturated carbocycles. The highest BCUT2D eigenvalue weighted by molar-refractivity contribution is 7.19. The molecule has 3 aromatic rings. The first-order chi connectivity index (χ1) is 10.1. The number of carbonyl (C=O) groups excluding carboxylic acids is 1. The standard InChI is InChI=1S/C16H14N2O2S/c1-10-6-7-13(16(20)18-10)15(19)17-9-12-8-11-4-2-3-5-14(11)21-12/h2-8H,9H2,1H3,(H,17,19)(H,18,20). The summed E-state index contributed by atoms with van der Waals surface area (Å²) in [7, 11) is 0. The second-order valence-electron chi connectivity index (χ2n) is 4.82. The summed E-state index contributed by atoms with van der Waals surface area (Å²) in [6.45, 7) is 2.20. The number of thiophene rings is 1. The maximum Gasteiger partial charge on any atom is 0.260 e. The van der Waals surface area contributed by atoms with E-state index >= 15 is 0 Å². The molecule has 0 saturated heterocycles. The molecular weight excluding hydrogens is 284 g/mol. The van der Waals surface area contributed by atoms with Crippen LogP contribution in [-0.2, 0) is 6.54 Å². The Hall–Kier alpha value is -2.40. The van der Waals surface area contributed by atoms with Crippen LogP contribution in [0, 0.1) is 6.92 Å². The lowest BCUT2D eigenvalue weighted by Gasteiger charge is -2.03. The Morgan fingerprint density at radius 1 is 1.24 bits per heavy atom. The van der Waals surface area contributed by atoms with Crippen LogP contribution in [-0.4, -0.2) is 10.9 Å². The number of aromatic amines is 1. The lowest BCUT2D eigenvalue weighted by Crippen LogP contribution is -2.29. The van der Waals surface area contributed by atoms with Gasteiger partial charge in [0.1, 0.15) is 5.56 Å². The summed E-state index contributed by atoms with van der Waals surface area (Å²) in [6, 6.07) is 13.4. The van der Waals surface area contributed by atoms with Crippen molar-refractivity contribution in [3.63, 3.8) is 0 Å². The number of aromatic nitrogens is 1. The van der Waals surface area contributed by atoms with Gasteiger partial charge in [-0.05, 0) is 36.6 Å². The fourth-order valence-corrected chi connectivity index (χ4v) is 3.14. The molecule has 0 fully saturated rings. The number of amides is 1. The number of nitrogens with one attached hydrogen (secondary N) is 2. The average molecular weight is 298 g/mol. The minimum absolute atomic E-state index is 0.140. The van der Waals surface area contributed by atoms with Gasteiger partial charge in [0.2, 0.25) is 0 Å². The van der Waals surface area contributed by atoms with Gasteiger partial charge in [0.05, 0.1) is 6.54 Å². The number of benzene rings is 1. The maximum atomic E-state index is 12.0. The van der Waals surface area contributed by atoms with E-state index in [0.717, 1.165) is 10.6 Å². The Balaban J connectivity index is 1.74. The molecule has 0 atom stereocenters. The topological polar surface area (TPSA) is 62.0 Å². The zero-order valence-corrected chi connectivity index (χ0v) is 12.3. The van der Waals surface area contributed by atoms with Gasteiger partial charge in [-0.1, -0.05) is 18.2 Å². The molecule has 0 unspecified atom stereocenters. The van der Waals surface area contributed by atoms with Crippen molar-refractivity contribution < 1.29 is 4.79 Å². The van der Waals surface area contributed by atoms with Crippen LogP contribution in [0.4, 0.5) is 0 Å². The van der Waals surface area contributed by atoms with Gasteiger partial charge in [-0.25, -0.2) is 0 Å². The first-order valence-corrected chi connectivity index (χ1v) is 7.41. The second-order valence-corrected chi connectivity index (χ2v) is 5.99. The van der Waals surface area contributed by atoms with Gasteiger partial charge >= 0.3 is 0 Å². The average Bonchev–Trinajstić information content (AvgIpc) is 2.87. The van der Waals surface area contributed by atoms with Crippen LogP contribution < -0.4 is 10.9 Å². The third-order valence-electron chi connectivity index (χ3n) is 3.20. The summed E-state index contributed by atoms with van der Waals surface area (Å²) in [6.07, 6.45) is 0. The molecule has 4 nitrogen and oxygen atoms in total. The summed E-state index contributed by atoms with van der Waals surface area (Å²) in [5, 5.41) is 3.95. The molecule has 0 spiro atoms. The Bertz CT molecular complexity index is 831. The summed E-state index contributed by atoms with van der Waals surface area (Å²) < 4.78 is 1.19. The molecule has 21 heavy (non-hydrogen) atoms. The molecule has 5 heteroatoms. The Labute approximate surface area is 125 Å². The zero-order valence-electron chi connectivity index (χ0n) is 11.5. The Morgan fingerprint density at radius 3 is 2.81 bits per heavy atom. The fraction of sp³-hybridized carbons (Fsp3) is 0.125. The van der Waals surface area contributed by atoms with Crippen LogP contribution in [0.5, 0.6) is 0 Å². The van der Waals surface area contributed by atoms with Gasteiger partial charge in [-0.2, -0.15) is 0 Å². The highest BCUT2D eigenvalue weighted by atomic mass is 32.1. The number of fused-ring (bicyclic) bond motifs is 1. The van der Waals surface area contributed by atoms with E-state index in [4.69, 9.17) is 0 Å². The first kappa shape index (κ1) is 13.6. The van der Waals surface area contributed by atoms with Gasteiger partial charge < -0.3 is 10.3 Å². The smallest absolute Gasteiger partial charge is 0.260 e. The Morgan fingerprint density at radius 2 is 2.05 bits per heavy atom. The van der Waals surface area contributed by atoms with Crippen molar-refractivity contribution in [2.45, 2.75) is 13.5 Å². The van der Waals surface area contributed by atoms with Crippen molar-refractivity contribution >= 4 is 27.3 Å². The molecule has 3 rings (SSSR count). The molecule has 0 aliphatic heterocycles. The molecular formula is C16H14N2O2S. The molecule has 1 amide bonds. The SMILES string of the molecule is Cc1ccc(C(=O)NCc2cc3ccccc3s2)c(=O)[nH]1. The predicted molar refractivity (Wildman–Crippen MR) is 84.8 cm³/mol. The van der Waals surface area contributed by atoms with E-state index in [1.54, 1.807) is 30.4 Å². The van der Waals surface area contributed by atoms with Crippen molar-refractivity contribution in [1.82, 2.24) is 10.3 Å². The molecule has 0 bridgehead atoms. The fourth-order valence-electron chi connectivity index (χ4n) is 2.14. The molecule has 0 aliphatic rings. The van der Waals surface area contributed by atoms with Crippen molar-refractivity contribution in [3.8, 4) is 0 Å². The molecule has 1 aromatic carbocycles. The van der Waals surface area contributed by atoms with E-state index in [9.17, 15) is 9.59 Å². The van der Waals surface area contributed by atoms with Crippen LogP contribution in [0.3, 0.4) is 0 Å². The molecule has 2 aromatic heterocycles. The maximum absolute atomic E-state index is 12.0. The minimum Gasteiger partial charge on any atom is -0.347 e. The quantitative estimate of drug-likeness (QED) is 0.781. The number of rotatable bonds is 3. The molecule has 0 radical (unpaired) electrons. The molecule has 106 valence electrons. The van der Waals surface area contributed by atoms with Crippen LogP contribution in [0.1, 0.15) is 20.9 Å². The second kappa shape index (κ2) is 5.54. The number of H-pyrrole nitrogens is 1. The Kier molecular flexibility index (Phi) is 3.58. The first-order valence-electron chi connectivity index (χ1n) is 6.59. The largest absolute Gasteiger partial charge is 0.347 e. The summed E-state index contributed by atoms with van der Waals surface area (Å²) in [5.41, 5.74) is 0.520. The number of hydrogen-bond acceptors (Lipinski definition) is 3. The van der Waals surface area contributed by atoms with E-state index in [-0.39, 0.29) is 17.0 Å². The minimum atomic E-state index is -0.358. The highest BCUT2D eigenvalue weighted by Crippen LogP contribution is 2.24. The van der Waals surface area contributed by atoms with E-state index < -0.39 is 0 Å². The van der Waals surface area contributed by atoms with Crippen LogP contribution in [0.25, 0.3) is 10.1 Å². The monoisotopic (exact) mass is 298 g/mol. The number of aryl methyl sites for hydroxylation is 1.